The molecule has 1 aromatic heterocycles. The summed E-state index contributed by atoms with van der Waals surface area (Å²) in [6, 6.07) is 58.3. The first kappa shape index (κ1) is 29.0. The lowest BCUT2D eigenvalue weighted by molar-refractivity contribution is 0.383. The molecule has 2 heterocycles. The maximum atomic E-state index is 6.74. The van der Waals surface area contributed by atoms with Gasteiger partial charge in [0.1, 0.15) is 17.0 Å². The average molecular weight is 666 g/mol. The van der Waals surface area contributed by atoms with Crippen LogP contribution in [0.3, 0.4) is 0 Å². The molecule has 0 aliphatic carbocycles. The van der Waals surface area contributed by atoms with Crippen LogP contribution in [0.4, 0.5) is 0 Å². The smallest absolute Gasteiger partial charge is 0.160 e. The molecule has 0 fully saturated rings. The monoisotopic (exact) mass is 665 g/mol. The Morgan fingerprint density at radius 1 is 0.500 bits per heavy atom. The van der Waals surface area contributed by atoms with Gasteiger partial charge in [0.15, 0.2) is 12.0 Å². The molecule has 9 aromatic carbocycles. The Kier molecular flexibility index (Phi) is 6.20. The van der Waals surface area contributed by atoms with Crippen molar-refractivity contribution in [2.45, 2.75) is 6.17 Å². The molecular formula is C48H31N3O. The zero-order valence-electron chi connectivity index (χ0n) is 28.4. The van der Waals surface area contributed by atoms with Gasteiger partial charge in [-0.2, -0.15) is 0 Å². The summed E-state index contributed by atoms with van der Waals surface area (Å²) in [6.07, 6.45) is -0.271. The van der Waals surface area contributed by atoms with Gasteiger partial charge in [0, 0.05) is 34.5 Å². The summed E-state index contributed by atoms with van der Waals surface area (Å²) in [5.74, 6) is 1.60. The van der Waals surface area contributed by atoms with E-state index >= 15 is 0 Å². The summed E-state index contributed by atoms with van der Waals surface area (Å²) < 4.78 is 6.74. The molecule has 1 atom stereocenters. The van der Waals surface area contributed by atoms with Crippen LogP contribution in [-0.2, 0) is 0 Å². The van der Waals surface area contributed by atoms with E-state index in [2.05, 4.69) is 176 Å². The van der Waals surface area contributed by atoms with Gasteiger partial charge < -0.3 is 9.32 Å². The predicted molar refractivity (Wildman–Crippen MR) is 217 cm³/mol. The number of hydrogen-bond donors (Lipinski definition) is 0. The van der Waals surface area contributed by atoms with E-state index in [4.69, 9.17) is 14.4 Å². The molecule has 11 rings (SSSR count). The standard InChI is InChI=1S/C48H31N3O/c1-51-47(49-46(41-21-9-14-30-12-4-5-17-35(30)41)50-48(51)34-24-23-29-11-2-3-13-31(29)27-34)33-16-8-15-32(28-33)36-25-26-40-38-19-7-6-18-37(38)39-20-10-22-42-43(39)44(40)45(36)52-42/h2-28,48H,1H3. The maximum absolute atomic E-state index is 6.74. The molecule has 4 nitrogen and oxygen atoms in total. The van der Waals surface area contributed by atoms with Crippen molar-refractivity contribution in [2.24, 2.45) is 9.98 Å². The van der Waals surface area contributed by atoms with Crippen molar-refractivity contribution in [1.82, 2.24) is 4.90 Å². The largest absolute Gasteiger partial charge is 0.455 e. The SMILES string of the molecule is CN1C(c2cccc(-c3ccc4c5ccccc5c5cccc6oc3c4c65)c2)=NC(c2cccc3ccccc23)=NC1c1ccc2ccccc2c1. The van der Waals surface area contributed by atoms with Gasteiger partial charge in [-0.3, -0.25) is 0 Å². The molecule has 244 valence electrons. The summed E-state index contributed by atoms with van der Waals surface area (Å²) in [5, 5.41) is 12.0. The summed E-state index contributed by atoms with van der Waals surface area (Å²) in [4.78, 5) is 12.9. The number of hydrogen-bond acceptors (Lipinski definition) is 4. The highest BCUT2D eigenvalue weighted by Crippen LogP contribution is 2.45. The van der Waals surface area contributed by atoms with E-state index < -0.39 is 0 Å². The average Bonchev–Trinajstić information content (AvgIpc) is 3.60. The molecule has 1 aliphatic rings. The van der Waals surface area contributed by atoms with Crippen molar-refractivity contribution >= 4 is 76.7 Å². The Morgan fingerprint density at radius 3 is 2.04 bits per heavy atom. The van der Waals surface area contributed by atoms with Gasteiger partial charge in [-0.1, -0.05) is 140 Å². The Labute approximate surface area is 299 Å². The molecule has 10 aromatic rings. The first-order valence-corrected chi connectivity index (χ1v) is 17.7. The van der Waals surface area contributed by atoms with Crippen LogP contribution in [0.2, 0.25) is 0 Å². The third-order valence-corrected chi connectivity index (χ3v) is 10.8. The molecule has 0 amide bonds. The molecule has 4 heteroatoms. The molecule has 0 N–H and O–H groups in total. The number of fused-ring (bicyclic) bond motifs is 5. The van der Waals surface area contributed by atoms with E-state index in [0.717, 1.165) is 56.0 Å². The molecule has 1 aliphatic heterocycles. The second-order valence-electron chi connectivity index (χ2n) is 13.8. The van der Waals surface area contributed by atoms with Gasteiger partial charge in [-0.05, 0) is 78.5 Å². The Balaban J connectivity index is 1.10. The topological polar surface area (TPSA) is 41.1 Å². The molecule has 0 saturated heterocycles. The quantitative estimate of drug-likeness (QED) is 0.176. The van der Waals surface area contributed by atoms with Crippen molar-refractivity contribution in [3.05, 3.63) is 180 Å². The lowest BCUT2D eigenvalue weighted by Gasteiger charge is -2.33. The Morgan fingerprint density at radius 2 is 1.17 bits per heavy atom. The lowest BCUT2D eigenvalue weighted by Crippen LogP contribution is -2.35. The lowest BCUT2D eigenvalue weighted by atomic mass is 9.91. The summed E-state index contributed by atoms with van der Waals surface area (Å²) >= 11 is 0. The van der Waals surface area contributed by atoms with E-state index in [9.17, 15) is 0 Å². The number of amidine groups is 2. The fourth-order valence-electron chi connectivity index (χ4n) is 8.39. The Hall–Kier alpha value is -6.78. The summed E-state index contributed by atoms with van der Waals surface area (Å²) in [7, 11) is 2.10. The van der Waals surface area contributed by atoms with Crippen molar-refractivity contribution in [3.8, 4) is 11.1 Å². The third kappa shape index (κ3) is 4.28. The molecule has 0 radical (unpaired) electrons. The normalized spacial score (nSPS) is 15.0. The second-order valence-corrected chi connectivity index (χ2v) is 13.8. The van der Waals surface area contributed by atoms with Gasteiger partial charge in [0.05, 0.1) is 0 Å². The van der Waals surface area contributed by atoms with E-state index in [1.54, 1.807) is 0 Å². The minimum Gasteiger partial charge on any atom is -0.455 e. The number of nitrogens with zero attached hydrogens (tertiary/aromatic N) is 3. The third-order valence-electron chi connectivity index (χ3n) is 10.8. The highest BCUT2D eigenvalue weighted by atomic mass is 16.3. The predicted octanol–water partition coefficient (Wildman–Crippen LogP) is 12.1. The van der Waals surface area contributed by atoms with Crippen LogP contribution in [0.15, 0.2) is 178 Å². The zero-order chi connectivity index (χ0) is 34.3. The summed E-state index contributed by atoms with van der Waals surface area (Å²) in [5.41, 5.74) is 7.13. The first-order chi connectivity index (χ1) is 25.7. The van der Waals surface area contributed by atoms with Crippen LogP contribution in [0.5, 0.6) is 0 Å². The highest BCUT2D eigenvalue weighted by Gasteiger charge is 2.28. The minimum atomic E-state index is -0.271. The van der Waals surface area contributed by atoms with Crippen molar-refractivity contribution in [2.75, 3.05) is 7.05 Å². The van der Waals surface area contributed by atoms with Gasteiger partial charge in [0.2, 0.25) is 0 Å². The second kappa shape index (κ2) is 11.1. The molecule has 0 spiro atoms. The zero-order valence-corrected chi connectivity index (χ0v) is 28.4. The molecule has 0 bridgehead atoms. The van der Waals surface area contributed by atoms with E-state index in [1.165, 1.54) is 48.5 Å². The maximum Gasteiger partial charge on any atom is 0.160 e. The molecule has 52 heavy (non-hydrogen) atoms. The van der Waals surface area contributed by atoms with Crippen LogP contribution in [-0.4, -0.2) is 23.6 Å². The number of rotatable bonds is 4. The van der Waals surface area contributed by atoms with Crippen molar-refractivity contribution < 1.29 is 4.42 Å². The Bertz CT molecular complexity index is 3110. The minimum absolute atomic E-state index is 0.271. The van der Waals surface area contributed by atoms with Gasteiger partial charge in [0.25, 0.3) is 0 Å². The van der Waals surface area contributed by atoms with E-state index in [1.807, 2.05) is 0 Å². The van der Waals surface area contributed by atoms with E-state index in [-0.39, 0.29) is 6.17 Å². The van der Waals surface area contributed by atoms with Crippen molar-refractivity contribution in [3.63, 3.8) is 0 Å². The molecule has 1 unspecified atom stereocenters. The van der Waals surface area contributed by atoms with Crippen molar-refractivity contribution in [1.29, 1.82) is 0 Å². The number of furan rings is 1. The van der Waals surface area contributed by atoms with Crippen LogP contribution in [0, 0.1) is 0 Å². The van der Waals surface area contributed by atoms with E-state index in [0.29, 0.717) is 0 Å². The fourth-order valence-corrected chi connectivity index (χ4v) is 8.39. The first-order valence-electron chi connectivity index (χ1n) is 17.7. The van der Waals surface area contributed by atoms with Crippen LogP contribution in [0.25, 0.3) is 76.2 Å². The highest BCUT2D eigenvalue weighted by molar-refractivity contribution is 6.34. The fraction of sp³-hybridized carbons (Fsp3) is 0.0417. The van der Waals surface area contributed by atoms with Gasteiger partial charge in [-0.25, -0.2) is 9.98 Å². The van der Waals surface area contributed by atoms with Gasteiger partial charge >= 0.3 is 0 Å². The van der Waals surface area contributed by atoms with Crippen LogP contribution in [0.1, 0.15) is 22.9 Å². The van der Waals surface area contributed by atoms with Crippen LogP contribution >= 0.6 is 0 Å². The molecular weight excluding hydrogens is 635 g/mol. The van der Waals surface area contributed by atoms with Crippen LogP contribution < -0.4 is 0 Å². The van der Waals surface area contributed by atoms with Gasteiger partial charge in [-0.15, -0.1) is 0 Å². The number of benzene rings is 9. The molecule has 0 saturated carbocycles. The number of aliphatic imine (C=N–C) groups is 2. The summed E-state index contributed by atoms with van der Waals surface area (Å²) in [6.45, 7) is 0.